The lowest BCUT2D eigenvalue weighted by atomic mass is 9.73. The Morgan fingerprint density at radius 3 is 2.20 bits per heavy atom. The van der Waals surface area contributed by atoms with Crippen molar-refractivity contribution >= 4 is 23.6 Å². The third-order valence-electron chi connectivity index (χ3n) is 3.23. The van der Waals surface area contributed by atoms with E-state index in [0.29, 0.717) is 6.42 Å². The summed E-state index contributed by atoms with van der Waals surface area (Å²) in [5, 5.41) is 8.88. The standard InChI is InChI=1S/C10H15NO3S/c12-9(11-3-5-15-6-4-11)7-1-2-8(7)10(13)14/h7-8H,1-6H2,(H,13,14). The van der Waals surface area contributed by atoms with Crippen molar-refractivity contribution < 1.29 is 14.7 Å². The number of rotatable bonds is 2. The van der Waals surface area contributed by atoms with E-state index in [0.717, 1.165) is 31.0 Å². The van der Waals surface area contributed by atoms with Gasteiger partial charge in [-0.15, -0.1) is 0 Å². The van der Waals surface area contributed by atoms with Crippen molar-refractivity contribution in [3.8, 4) is 0 Å². The molecule has 2 aliphatic rings. The largest absolute Gasteiger partial charge is 0.481 e. The van der Waals surface area contributed by atoms with E-state index in [4.69, 9.17) is 5.11 Å². The Bertz CT molecular complexity index is 276. The van der Waals surface area contributed by atoms with Gasteiger partial charge in [0.2, 0.25) is 5.91 Å². The second kappa shape index (κ2) is 4.43. The fraction of sp³-hybridized carbons (Fsp3) is 0.800. The molecule has 0 aromatic rings. The average Bonchev–Trinajstić information content (AvgIpc) is 2.16. The molecule has 1 heterocycles. The summed E-state index contributed by atoms with van der Waals surface area (Å²) < 4.78 is 0. The van der Waals surface area contributed by atoms with Gasteiger partial charge < -0.3 is 10.0 Å². The summed E-state index contributed by atoms with van der Waals surface area (Å²) >= 11 is 1.85. The molecule has 1 amide bonds. The fourth-order valence-corrected chi connectivity index (χ4v) is 3.01. The SMILES string of the molecule is O=C(O)C1CCC1C(=O)N1CCSCC1. The van der Waals surface area contributed by atoms with Crippen LogP contribution in [0.3, 0.4) is 0 Å². The first-order valence-electron chi connectivity index (χ1n) is 5.29. The molecule has 15 heavy (non-hydrogen) atoms. The van der Waals surface area contributed by atoms with Gasteiger partial charge in [-0.25, -0.2) is 0 Å². The molecule has 84 valence electrons. The molecule has 1 aliphatic heterocycles. The molecule has 1 saturated carbocycles. The van der Waals surface area contributed by atoms with Gasteiger partial charge in [-0.05, 0) is 12.8 Å². The first kappa shape index (κ1) is 10.8. The van der Waals surface area contributed by atoms with E-state index < -0.39 is 11.9 Å². The van der Waals surface area contributed by atoms with Crippen LogP contribution in [0.1, 0.15) is 12.8 Å². The number of thioether (sulfide) groups is 1. The van der Waals surface area contributed by atoms with E-state index >= 15 is 0 Å². The third-order valence-corrected chi connectivity index (χ3v) is 4.17. The van der Waals surface area contributed by atoms with Crippen LogP contribution < -0.4 is 0 Å². The van der Waals surface area contributed by atoms with Crippen LogP contribution >= 0.6 is 11.8 Å². The highest BCUT2D eigenvalue weighted by Crippen LogP contribution is 2.36. The Kier molecular flexibility index (Phi) is 3.19. The van der Waals surface area contributed by atoms with Crippen molar-refractivity contribution in [1.29, 1.82) is 0 Å². The Balaban J connectivity index is 1.92. The van der Waals surface area contributed by atoms with Crippen LogP contribution in [0.25, 0.3) is 0 Å². The fourth-order valence-electron chi connectivity index (χ4n) is 2.11. The maximum atomic E-state index is 11.9. The average molecular weight is 229 g/mol. The van der Waals surface area contributed by atoms with Crippen molar-refractivity contribution in [2.75, 3.05) is 24.6 Å². The molecule has 0 spiro atoms. The van der Waals surface area contributed by atoms with Crippen LogP contribution in [-0.4, -0.2) is 46.5 Å². The summed E-state index contributed by atoms with van der Waals surface area (Å²) in [6, 6.07) is 0. The number of hydrogen-bond acceptors (Lipinski definition) is 3. The summed E-state index contributed by atoms with van der Waals surface area (Å²) in [4.78, 5) is 24.6. The minimum Gasteiger partial charge on any atom is -0.481 e. The van der Waals surface area contributed by atoms with Crippen LogP contribution in [0, 0.1) is 11.8 Å². The highest BCUT2D eigenvalue weighted by atomic mass is 32.2. The normalized spacial score (nSPS) is 30.8. The molecule has 5 heteroatoms. The van der Waals surface area contributed by atoms with Gasteiger partial charge in [-0.1, -0.05) is 0 Å². The van der Waals surface area contributed by atoms with Crippen molar-refractivity contribution in [3.05, 3.63) is 0 Å². The molecule has 2 unspecified atom stereocenters. The smallest absolute Gasteiger partial charge is 0.307 e. The van der Waals surface area contributed by atoms with Gasteiger partial charge in [0.15, 0.2) is 0 Å². The van der Waals surface area contributed by atoms with Crippen LogP contribution in [-0.2, 0) is 9.59 Å². The molecule has 0 aromatic heterocycles. The number of amides is 1. The molecule has 2 fully saturated rings. The molecule has 2 atom stereocenters. The first-order valence-corrected chi connectivity index (χ1v) is 6.45. The number of carboxylic acid groups (broad SMARTS) is 1. The summed E-state index contributed by atoms with van der Waals surface area (Å²) in [7, 11) is 0. The van der Waals surface area contributed by atoms with E-state index in [1.54, 1.807) is 0 Å². The summed E-state index contributed by atoms with van der Waals surface area (Å²) in [6.07, 6.45) is 1.41. The predicted octanol–water partition coefficient (Wildman–Crippen LogP) is 0.673. The first-order chi connectivity index (χ1) is 7.20. The van der Waals surface area contributed by atoms with Crippen LogP contribution in [0.5, 0.6) is 0 Å². The van der Waals surface area contributed by atoms with Gasteiger partial charge in [0.05, 0.1) is 11.8 Å². The summed E-state index contributed by atoms with van der Waals surface area (Å²) in [6.45, 7) is 1.57. The van der Waals surface area contributed by atoms with Crippen molar-refractivity contribution in [3.63, 3.8) is 0 Å². The Morgan fingerprint density at radius 1 is 1.13 bits per heavy atom. The summed E-state index contributed by atoms with van der Waals surface area (Å²) in [5.74, 6) is 0.546. The van der Waals surface area contributed by atoms with E-state index in [1.807, 2.05) is 16.7 Å². The van der Waals surface area contributed by atoms with E-state index in [2.05, 4.69) is 0 Å². The lowest BCUT2D eigenvalue weighted by Gasteiger charge is -2.37. The molecule has 0 aromatic carbocycles. The van der Waals surface area contributed by atoms with E-state index in [-0.39, 0.29) is 11.8 Å². The molecule has 0 radical (unpaired) electrons. The van der Waals surface area contributed by atoms with Gasteiger partial charge in [0, 0.05) is 24.6 Å². The van der Waals surface area contributed by atoms with E-state index in [9.17, 15) is 9.59 Å². The second-order valence-corrected chi connectivity index (χ2v) is 5.29. The lowest BCUT2D eigenvalue weighted by molar-refractivity contribution is -0.156. The Morgan fingerprint density at radius 2 is 1.73 bits per heavy atom. The van der Waals surface area contributed by atoms with Gasteiger partial charge in [-0.3, -0.25) is 9.59 Å². The second-order valence-electron chi connectivity index (χ2n) is 4.07. The number of carbonyl (C=O) groups is 2. The van der Waals surface area contributed by atoms with Gasteiger partial charge >= 0.3 is 5.97 Å². The molecule has 0 bridgehead atoms. The van der Waals surface area contributed by atoms with Crippen LogP contribution in [0.15, 0.2) is 0 Å². The van der Waals surface area contributed by atoms with Crippen molar-refractivity contribution in [2.24, 2.45) is 11.8 Å². The number of nitrogens with zero attached hydrogens (tertiary/aromatic N) is 1. The molecule has 4 nitrogen and oxygen atoms in total. The zero-order chi connectivity index (χ0) is 10.8. The third kappa shape index (κ3) is 2.12. The monoisotopic (exact) mass is 229 g/mol. The van der Waals surface area contributed by atoms with E-state index in [1.165, 1.54) is 0 Å². The lowest BCUT2D eigenvalue weighted by Crippen LogP contribution is -2.48. The van der Waals surface area contributed by atoms with Crippen LogP contribution in [0.4, 0.5) is 0 Å². The minimum absolute atomic E-state index is 0.0638. The maximum Gasteiger partial charge on any atom is 0.307 e. The highest BCUT2D eigenvalue weighted by Gasteiger charge is 2.43. The number of carbonyl (C=O) groups excluding carboxylic acids is 1. The molecule has 1 saturated heterocycles. The molecular weight excluding hydrogens is 214 g/mol. The maximum absolute atomic E-state index is 11.9. The zero-order valence-electron chi connectivity index (χ0n) is 8.52. The van der Waals surface area contributed by atoms with Gasteiger partial charge in [0.1, 0.15) is 0 Å². The van der Waals surface area contributed by atoms with Crippen LogP contribution in [0.2, 0.25) is 0 Å². The molecular formula is C10H15NO3S. The quantitative estimate of drug-likeness (QED) is 0.756. The predicted molar refractivity (Wildman–Crippen MR) is 57.8 cm³/mol. The Labute approximate surface area is 93.0 Å². The van der Waals surface area contributed by atoms with Gasteiger partial charge in [-0.2, -0.15) is 11.8 Å². The minimum atomic E-state index is -0.814. The number of carboxylic acids is 1. The zero-order valence-corrected chi connectivity index (χ0v) is 9.33. The number of aliphatic carboxylic acids is 1. The molecule has 2 rings (SSSR count). The highest BCUT2D eigenvalue weighted by molar-refractivity contribution is 7.99. The van der Waals surface area contributed by atoms with Gasteiger partial charge in [0.25, 0.3) is 0 Å². The topological polar surface area (TPSA) is 57.6 Å². The number of hydrogen-bond donors (Lipinski definition) is 1. The summed E-state index contributed by atoms with van der Waals surface area (Å²) in [5.41, 5.74) is 0. The van der Waals surface area contributed by atoms with Crippen molar-refractivity contribution in [1.82, 2.24) is 4.90 Å². The molecule has 1 aliphatic carbocycles. The molecule has 1 N–H and O–H groups in total. The Hall–Kier alpha value is -0.710. The van der Waals surface area contributed by atoms with Crippen molar-refractivity contribution in [2.45, 2.75) is 12.8 Å².